The van der Waals surface area contributed by atoms with Crippen molar-refractivity contribution in [1.82, 2.24) is 15.6 Å². The Kier molecular flexibility index (Phi) is 6.01. The number of nitrogens with one attached hydrogen (secondary N) is 2. The van der Waals surface area contributed by atoms with Gasteiger partial charge in [-0.25, -0.2) is 0 Å². The molecule has 1 aliphatic heterocycles. The summed E-state index contributed by atoms with van der Waals surface area (Å²) in [5, 5.41) is 6.51. The summed E-state index contributed by atoms with van der Waals surface area (Å²) in [7, 11) is 1.66. The number of ether oxygens (including phenoxy) is 1. The monoisotopic (exact) mass is 353 g/mol. The van der Waals surface area contributed by atoms with E-state index >= 15 is 0 Å². The topological polar surface area (TPSA) is 63.2 Å². The fourth-order valence-electron chi connectivity index (χ4n) is 3.55. The summed E-state index contributed by atoms with van der Waals surface area (Å²) in [6, 6.07) is 12.2. The highest BCUT2D eigenvalue weighted by Crippen LogP contribution is 2.30. The quantitative estimate of drug-likeness (QED) is 0.838. The maximum Gasteiger partial charge on any atom is 0.229 e. The number of aromatic nitrogens is 1. The molecule has 1 aromatic heterocycles. The van der Waals surface area contributed by atoms with Crippen molar-refractivity contribution in [2.45, 2.75) is 25.8 Å². The first kappa shape index (κ1) is 18.5. The molecule has 0 radical (unpaired) electrons. The standard InChI is InChI=1S/C21H27N3O2/c1-16(24-20(25)21(15-26-2)9-12-22-13-10-21)17-5-7-18(8-6-17)19-4-3-11-23-14-19/h3-8,11,14,16,22H,9-10,12-13,15H2,1-2H3,(H,24,25). The molecular formula is C21H27N3O2. The predicted octanol–water partition coefficient (Wildman–Crippen LogP) is 2.94. The molecule has 1 aromatic carbocycles. The van der Waals surface area contributed by atoms with Crippen LogP contribution in [0.1, 0.15) is 31.4 Å². The zero-order valence-corrected chi connectivity index (χ0v) is 15.5. The van der Waals surface area contributed by atoms with Crippen molar-refractivity contribution in [3.63, 3.8) is 0 Å². The zero-order valence-electron chi connectivity index (χ0n) is 15.5. The van der Waals surface area contributed by atoms with Crippen molar-refractivity contribution < 1.29 is 9.53 Å². The number of nitrogens with zero attached hydrogens (tertiary/aromatic N) is 1. The van der Waals surface area contributed by atoms with Gasteiger partial charge in [0, 0.05) is 19.5 Å². The van der Waals surface area contributed by atoms with Crippen molar-refractivity contribution in [3.05, 3.63) is 54.4 Å². The van der Waals surface area contributed by atoms with E-state index < -0.39 is 5.41 Å². The average Bonchev–Trinajstić information content (AvgIpc) is 2.69. The lowest BCUT2D eigenvalue weighted by Crippen LogP contribution is -2.50. The van der Waals surface area contributed by atoms with Crippen molar-refractivity contribution in [1.29, 1.82) is 0 Å². The second-order valence-corrected chi connectivity index (χ2v) is 7.02. The van der Waals surface area contributed by atoms with Crippen LogP contribution in [-0.4, -0.2) is 37.7 Å². The molecule has 1 fully saturated rings. The molecule has 5 heteroatoms. The van der Waals surface area contributed by atoms with Crippen LogP contribution in [-0.2, 0) is 9.53 Å². The number of piperidine rings is 1. The molecule has 138 valence electrons. The molecular weight excluding hydrogens is 326 g/mol. The van der Waals surface area contributed by atoms with Crippen molar-refractivity contribution in [2.24, 2.45) is 5.41 Å². The molecule has 1 amide bonds. The largest absolute Gasteiger partial charge is 0.384 e. The zero-order chi connectivity index (χ0) is 18.4. The molecule has 3 rings (SSSR count). The molecule has 0 aliphatic carbocycles. The Morgan fingerprint density at radius 1 is 1.23 bits per heavy atom. The number of carbonyl (C=O) groups excluding carboxylic acids is 1. The predicted molar refractivity (Wildman–Crippen MR) is 103 cm³/mol. The van der Waals surface area contributed by atoms with Gasteiger partial charge in [-0.3, -0.25) is 9.78 Å². The van der Waals surface area contributed by atoms with Crippen LogP contribution in [0.2, 0.25) is 0 Å². The number of benzene rings is 1. The van der Waals surface area contributed by atoms with Gasteiger partial charge in [-0.05, 0) is 55.6 Å². The van der Waals surface area contributed by atoms with E-state index in [9.17, 15) is 4.79 Å². The van der Waals surface area contributed by atoms with Gasteiger partial charge in [0.1, 0.15) is 0 Å². The Hall–Kier alpha value is -2.24. The Morgan fingerprint density at radius 3 is 2.58 bits per heavy atom. The van der Waals surface area contributed by atoms with E-state index in [0.29, 0.717) is 6.61 Å². The van der Waals surface area contributed by atoms with Crippen LogP contribution in [0.3, 0.4) is 0 Å². The Morgan fingerprint density at radius 2 is 1.96 bits per heavy atom. The van der Waals surface area contributed by atoms with Gasteiger partial charge in [-0.15, -0.1) is 0 Å². The summed E-state index contributed by atoms with van der Waals surface area (Å²) in [5.74, 6) is 0.0877. The number of hydrogen-bond donors (Lipinski definition) is 2. The Bertz CT molecular complexity index is 704. The molecule has 1 aliphatic rings. The lowest BCUT2D eigenvalue weighted by molar-refractivity contribution is -0.136. The van der Waals surface area contributed by atoms with Gasteiger partial charge in [-0.1, -0.05) is 30.3 Å². The van der Waals surface area contributed by atoms with Crippen LogP contribution >= 0.6 is 0 Å². The molecule has 2 heterocycles. The molecule has 0 spiro atoms. The fourth-order valence-corrected chi connectivity index (χ4v) is 3.55. The van der Waals surface area contributed by atoms with Gasteiger partial charge in [0.2, 0.25) is 5.91 Å². The first-order chi connectivity index (χ1) is 12.6. The highest BCUT2D eigenvalue weighted by atomic mass is 16.5. The molecule has 1 unspecified atom stereocenters. The van der Waals surface area contributed by atoms with Gasteiger partial charge < -0.3 is 15.4 Å². The number of amides is 1. The second-order valence-electron chi connectivity index (χ2n) is 7.02. The maximum atomic E-state index is 13.0. The average molecular weight is 353 g/mol. The van der Waals surface area contributed by atoms with E-state index in [1.54, 1.807) is 13.3 Å². The van der Waals surface area contributed by atoms with Crippen LogP contribution in [0.5, 0.6) is 0 Å². The lowest BCUT2D eigenvalue weighted by atomic mass is 9.78. The first-order valence-electron chi connectivity index (χ1n) is 9.16. The Labute approximate surface area is 155 Å². The second kappa shape index (κ2) is 8.43. The van der Waals surface area contributed by atoms with E-state index in [-0.39, 0.29) is 11.9 Å². The third-order valence-electron chi connectivity index (χ3n) is 5.22. The van der Waals surface area contributed by atoms with Crippen molar-refractivity contribution in [3.8, 4) is 11.1 Å². The SMILES string of the molecule is COCC1(C(=O)NC(C)c2ccc(-c3cccnc3)cc2)CCNCC1. The van der Waals surface area contributed by atoms with E-state index in [1.165, 1.54) is 0 Å². The van der Waals surface area contributed by atoms with Crippen molar-refractivity contribution >= 4 is 5.91 Å². The number of methoxy groups -OCH3 is 1. The number of pyridine rings is 1. The van der Waals surface area contributed by atoms with Crippen LogP contribution in [0.25, 0.3) is 11.1 Å². The minimum absolute atomic E-state index is 0.0472. The van der Waals surface area contributed by atoms with E-state index in [4.69, 9.17) is 4.74 Å². The van der Waals surface area contributed by atoms with Gasteiger partial charge >= 0.3 is 0 Å². The van der Waals surface area contributed by atoms with Gasteiger partial charge in [0.05, 0.1) is 18.1 Å². The Balaban J connectivity index is 1.69. The van der Waals surface area contributed by atoms with E-state index in [2.05, 4.69) is 39.9 Å². The first-order valence-corrected chi connectivity index (χ1v) is 9.16. The molecule has 5 nitrogen and oxygen atoms in total. The fraction of sp³-hybridized carbons (Fsp3) is 0.429. The molecule has 1 atom stereocenters. The van der Waals surface area contributed by atoms with Crippen molar-refractivity contribution in [2.75, 3.05) is 26.8 Å². The summed E-state index contributed by atoms with van der Waals surface area (Å²) >= 11 is 0. The van der Waals surface area contributed by atoms with Gasteiger partial charge in [-0.2, -0.15) is 0 Å². The van der Waals surface area contributed by atoms with Gasteiger partial charge in [0.25, 0.3) is 0 Å². The minimum atomic E-state index is -0.427. The summed E-state index contributed by atoms with van der Waals surface area (Å²) < 4.78 is 5.36. The molecule has 2 aromatic rings. The summed E-state index contributed by atoms with van der Waals surface area (Å²) in [5.41, 5.74) is 2.87. The summed E-state index contributed by atoms with van der Waals surface area (Å²) in [4.78, 5) is 17.1. The number of hydrogen-bond acceptors (Lipinski definition) is 4. The van der Waals surface area contributed by atoms with Gasteiger partial charge in [0.15, 0.2) is 0 Å². The lowest BCUT2D eigenvalue weighted by Gasteiger charge is -2.36. The third-order valence-corrected chi connectivity index (χ3v) is 5.22. The number of carbonyl (C=O) groups is 1. The van der Waals surface area contributed by atoms with Crippen LogP contribution < -0.4 is 10.6 Å². The van der Waals surface area contributed by atoms with Crippen LogP contribution in [0.15, 0.2) is 48.8 Å². The van der Waals surface area contributed by atoms with E-state index in [0.717, 1.165) is 42.6 Å². The molecule has 0 saturated carbocycles. The number of rotatable bonds is 6. The minimum Gasteiger partial charge on any atom is -0.384 e. The summed E-state index contributed by atoms with van der Waals surface area (Å²) in [6.45, 7) is 4.20. The van der Waals surface area contributed by atoms with Crippen LogP contribution in [0.4, 0.5) is 0 Å². The van der Waals surface area contributed by atoms with Crippen LogP contribution in [0, 0.1) is 5.41 Å². The molecule has 1 saturated heterocycles. The molecule has 26 heavy (non-hydrogen) atoms. The van der Waals surface area contributed by atoms with E-state index in [1.807, 2.05) is 25.3 Å². The highest BCUT2D eigenvalue weighted by molar-refractivity contribution is 5.83. The summed E-state index contributed by atoms with van der Waals surface area (Å²) in [6.07, 6.45) is 5.23. The maximum absolute atomic E-state index is 13.0. The molecule has 2 N–H and O–H groups in total. The highest BCUT2D eigenvalue weighted by Gasteiger charge is 2.40. The third kappa shape index (κ3) is 4.11. The molecule has 0 bridgehead atoms. The normalized spacial score (nSPS) is 17.5. The smallest absolute Gasteiger partial charge is 0.229 e.